The van der Waals surface area contributed by atoms with Gasteiger partial charge in [0, 0.05) is 17.7 Å². The number of aliphatic hydroxyl groups excluding tert-OH is 1. The van der Waals surface area contributed by atoms with E-state index >= 15 is 0 Å². The van der Waals surface area contributed by atoms with E-state index in [-0.39, 0.29) is 28.4 Å². The second-order valence-corrected chi connectivity index (χ2v) is 12.6. The highest BCUT2D eigenvalue weighted by atomic mass is 32.2. The predicted octanol–water partition coefficient (Wildman–Crippen LogP) is 6.72. The van der Waals surface area contributed by atoms with Crippen LogP contribution in [0.15, 0.2) is 70.6 Å². The quantitative estimate of drug-likeness (QED) is 0.0660. The van der Waals surface area contributed by atoms with Gasteiger partial charge in [-0.3, -0.25) is 14.5 Å². The molecule has 3 heterocycles. The number of Topliss-reactive ketones (excluding diaryl/α,β-unsaturated/α-hetero) is 1. The third kappa shape index (κ3) is 5.99. The van der Waals surface area contributed by atoms with E-state index in [1.165, 1.54) is 22.7 Å². The minimum atomic E-state index is -1.04. The second kappa shape index (κ2) is 12.9. The first-order valence-electron chi connectivity index (χ1n) is 14.5. The van der Waals surface area contributed by atoms with Crippen molar-refractivity contribution in [1.29, 1.82) is 0 Å². The van der Waals surface area contributed by atoms with Crippen LogP contribution in [0.25, 0.3) is 5.76 Å². The van der Waals surface area contributed by atoms with Crippen LogP contribution >= 0.6 is 23.1 Å². The fourth-order valence-electron chi connectivity index (χ4n) is 5.42. The van der Waals surface area contributed by atoms with Crippen LogP contribution in [0, 0.1) is 5.82 Å². The lowest BCUT2D eigenvalue weighted by atomic mass is 9.94. The average Bonchev–Trinajstić information content (AvgIpc) is 3.72. The van der Waals surface area contributed by atoms with E-state index in [9.17, 15) is 19.1 Å². The molecule has 6 rings (SSSR count). The van der Waals surface area contributed by atoms with Gasteiger partial charge in [-0.25, -0.2) is 4.39 Å². The van der Waals surface area contributed by atoms with E-state index in [4.69, 9.17) is 14.2 Å². The van der Waals surface area contributed by atoms with Gasteiger partial charge in [0.15, 0.2) is 15.8 Å². The zero-order valence-electron chi connectivity index (χ0n) is 24.8. The molecule has 232 valence electrons. The van der Waals surface area contributed by atoms with Gasteiger partial charge >= 0.3 is 5.91 Å². The summed E-state index contributed by atoms with van der Waals surface area (Å²) in [6.07, 6.45) is 0.648. The Morgan fingerprint density at radius 3 is 2.62 bits per heavy atom. The molecule has 9 nitrogen and oxygen atoms in total. The summed E-state index contributed by atoms with van der Waals surface area (Å²) in [4.78, 5) is 28.7. The summed E-state index contributed by atoms with van der Waals surface area (Å²) in [6.45, 7) is 6.43. The van der Waals surface area contributed by atoms with Crippen LogP contribution in [0.5, 0.6) is 17.2 Å². The van der Waals surface area contributed by atoms with Crippen LogP contribution in [0.1, 0.15) is 49.1 Å². The van der Waals surface area contributed by atoms with Crippen molar-refractivity contribution in [1.82, 2.24) is 10.2 Å². The van der Waals surface area contributed by atoms with Crippen LogP contribution in [0.3, 0.4) is 0 Å². The van der Waals surface area contributed by atoms with Crippen molar-refractivity contribution in [3.05, 3.63) is 94.3 Å². The molecule has 1 aromatic heterocycles. The zero-order chi connectivity index (χ0) is 31.7. The Labute approximate surface area is 267 Å². The van der Waals surface area contributed by atoms with Gasteiger partial charge in [0.05, 0.1) is 24.8 Å². The summed E-state index contributed by atoms with van der Waals surface area (Å²) in [5.41, 5.74) is 2.22. The monoisotopic (exact) mass is 647 g/mol. The predicted molar refractivity (Wildman–Crippen MR) is 170 cm³/mol. The molecule has 1 saturated heterocycles. The summed E-state index contributed by atoms with van der Waals surface area (Å²) in [6, 6.07) is 15.8. The summed E-state index contributed by atoms with van der Waals surface area (Å²) in [5.74, 6) is -0.375. The maximum Gasteiger partial charge on any atom is 0.301 e. The number of hydrogen-bond donors (Lipinski definition) is 1. The fraction of sp³-hybridized carbons (Fsp3) is 0.273. The Balaban J connectivity index is 1.43. The Morgan fingerprint density at radius 1 is 1.07 bits per heavy atom. The van der Waals surface area contributed by atoms with Gasteiger partial charge in [-0.15, -0.1) is 10.2 Å². The summed E-state index contributed by atoms with van der Waals surface area (Å²) < 4.78 is 32.1. The molecule has 4 aromatic rings. The number of fused-ring (bicyclic) bond motifs is 1. The molecule has 0 bridgehead atoms. The smallest absolute Gasteiger partial charge is 0.301 e. The Bertz CT molecular complexity index is 1810. The van der Waals surface area contributed by atoms with Crippen molar-refractivity contribution in [3.63, 3.8) is 0 Å². The van der Waals surface area contributed by atoms with Crippen LogP contribution < -0.4 is 19.1 Å². The highest BCUT2D eigenvalue weighted by Gasteiger charge is 2.48. The van der Waals surface area contributed by atoms with E-state index in [0.717, 1.165) is 22.6 Å². The van der Waals surface area contributed by atoms with E-state index < -0.39 is 17.7 Å². The molecule has 1 N–H and O–H groups in total. The van der Waals surface area contributed by atoms with Gasteiger partial charge in [0.2, 0.25) is 5.13 Å². The first kappa shape index (κ1) is 30.6. The Hall–Kier alpha value is -4.42. The number of nitrogens with zero attached hydrogens (tertiary/aromatic N) is 3. The molecule has 2 atom stereocenters. The third-order valence-electron chi connectivity index (χ3n) is 7.41. The molecule has 0 saturated carbocycles. The van der Waals surface area contributed by atoms with Crippen molar-refractivity contribution in [2.24, 2.45) is 0 Å². The fourth-order valence-corrected chi connectivity index (χ4v) is 7.27. The van der Waals surface area contributed by atoms with Crippen LogP contribution in [-0.4, -0.2) is 46.3 Å². The number of halogens is 1. The van der Waals surface area contributed by atoms with Crippen molar-refractivity contribution in [3.8, 4) is 17.2 Å². The number of thioether (sulfide) groups is 1. The Morgan fingerprint density at radius 2 is 1.84 bits per heavy atom. The highest BCUT2D eigenvalue weighted by molar-refractivity contribution is 8.00. The van der Waals surface area contributed by atoms with E-state index in [1.807, 2.05) is 20.8 Å². The average molecular weight is 648 g/mol. The normalized spacial score (nSPS) is 18.6. The van der Waals surface area contributed by atoms with Gasteiger partial charge in [-0.2, -0.15) is 0 Å². The Kier molecular flexibility index (Phi) is 8.77. The number of rotatable bonds is 10. The maximum atomic E-state index is 14.2. The van der Waals surface area contributed by atoms with Crippen molar-refractivity contribution in [2.45, 2.75) is 49.4 Å². The first-order valence-corrected chi connectivity index (χ1v) is 16.3. The number of anilines is 1. The molecular weight excluding hydrogens is 618 g/mol. The van der Waals surface area contributed by atoms with Crippen LogP contribution in [-0.2, 0) is 21.8 Å². The van der Waals surface area contributed by atoms with Gasteiger partial charge in [-0.1, -0.05) is 47.4 Å². The molecule has 1 amide bonds. The van der Waals surface area contributed by atoms with E-state index in [1.54, 1.807) is 54.6 Å². The van der Waals surface area contributed by atoms with Crippen LogP contribution in [0.2, 0.25) is 0 Å². The number of carbonyl (C=O) groups excluding carboxylic acids is 2. The van der Waals surface area contributed by atoms with Gasteiger partial charge < -0.3 is 19.3 Å². The molecule has 0 unspecified atom stereocenters. The minimum Gasteiger partial charge on any atom is -0.507 e. The number of aliphatic hydroxyl groups is 1. The number of aromatic nitrogens is 2. The molecule has 45 heavy (non-hydrogen) atoms. The molecule has 1 fully saturated rings. The van der Waals surface area contributed by atoms with Gasteiger partial charge in [0.25, 0.3) is 5.78 Å². The third-order valence-corrected chi connectivity index (χ3v) is 9.51. The highest BCUT2D eigenvalue weighted by Crippen LogP contribution is 2.46. The van der Waals surface area contributed by atoms with Crippen LogP contribution in [0.4, 0.5) is 9.52 Å². The molecule has 0 spiro atoms. The molecule has 2 aliphatic heterocycles. The summed E-state index contributed by atoms with van der Waals surface area (Å²) in [7, 11) is 0. The number of carbonyl (C=O) groups is 2. The topological polar surface area (TPSA) is 111 Å². The van der Waals surface area contributed by atoms with Gasteiger partial charge in [0.1, 0.15) is 23.4 Å². The second-order valence-electron chi connectivity index (χ2n) is 10.4. The number of ether oxygens (including phenoxy) is 3. The lowest BCUT2D eigenvalue weighted by Crippen LogP contribution is -2.29. The van der Waals surface area contributed by atoms with Crippen molar-refractivity contribution in [2.75, 3.05) is 18.1 Å². The largest absolute Gasteiger partial charge is 0.507 e. The lowest BCUT2D eigenvalue weighted by molar-refractivity contribution is -0.132. The number of ketones is 1. The minimum absolute atomic E-state index is 0.00771. The van der Waals surface area contributed by atoms with Gasteiger partial charge in [-0.05, 0) is 73.9 Å². The molecule has 0 aliphatic carbocycles. The summed E-state index contributed by atoms with van der Waals surface area (Å²) >= 11 is 2.38. The maximum absolute atomic E-state index is 14.2. The molecule has 12 heteroatoms. The molecular formula is C33H30FN3O6S2. The number of benzene rings is 3. The molecule has 0 radical (unpaired) electrons. The van der Waals surface area contributed by atoms with E-state index in [2.05, 4.69) is 10.2 Å². The SMILES string of the molecule is CCOc1ccc([C@@H]2C(=C(O)c3ccc4c(c3)C[C@H](C)O4)C(=O)C(=O)N2c2nnc(SCc3ccccc3F)s2)cc1OCC. The molecule has 2 aliphatic rings. The van der Waals surface area contributed by atoms with E-state index in [0.29, 0.717) is 57.9 Å². The standard InChI is InChI=1S/C33H30FN3O6S2/c1-4-41-25-13-10-19(16-26(25)42-5-2)28-27(29(38)20-11-12-24-22(15-20)14-18(3)43-24)30(39)31(40)37(28)32-35-36-33(45-32)44-17-21-8-6-7-9-23(21)34/h6-13,15-16,18,28,38H,4-5,14,17H2,1-3H3/t18-,28+/m0/s1. The number of hydrogen-bond acceptors (Lipinski definition) is 10. The first-order chi connectivity index (χ1) is 21.8. The van der Waals surface area contributed by atoms with Crippen molar-refractivity contribution >= 4 is 45.7 Å². The summed E-state index contributed by atoms with van der Waals surface area (Å²) in [5, 5.41) is 20.3. The van der Waals surface area contributed by atoms with Crippen molar-refractivity contribution < 1.29 is 33.3 Å². The lowest BCUT2D eigenvalue weighted by Gasteiger charge is -2.23. The molecule has 3 aromatic carbocycles. The number of amides is 1. The zero-order valence-corrected chi connectivity index (χ0v) is 26.4.